The standard InChI is InChI=1S/C24H24N2O4/c1-17-5-11-21(12-6-17)22(27)23-25-13-15-26(23)14-3-4-19-7-9-20(10-8-19)16-30-18(2)24(28)29/h3-13,15,18H,14,16H2,1-2H3,(H,28,29)/b4-3+/t18-/m1/s1. The second-order valence-electron chi connectivity index (χ2n) is 7.03. The third-order valence-electron chi connectivity index (χ3n) is 4.67. The van der Waals surface area contributed by atoms with Gasteiger partial charge in [-0.1, -0.05) is 66.2 Å². The molecule has 0 aliphatic heterocycles. The smallest absolute Gasteiger partial charge is 0.332 e. The van der Waals surface area contributed by atoms with Crippen molar-refractivity contribution in [3.8, 4) is 0 Å². The van der Waals surface area contributed by atoms with Crippen LogP contribution in [0.1, 0.15) is 39.8 Å². The summed E-state index contributed by atoms with van der Waals surface area (Å²) < 4.78 is 7.09. The molecule has 0 saturated carbocycles. The zero-order valence-electron chi connectivity index (χ0n) is 17.0. The third-order valence-corrected chi connectivity index (χ3v) is 4.67. The third kappa shape index (κ3) is 5.52. The van der Waals surface area contributed by atoms with Crippen LogP contribution in [-0.2, 0) is 22.7 Å². The molecular weight excluding hydrogens is 380 g/mol. The number of rotatable bonds is 9. The van der Waals surface area contributed by atoms with Gasteiger partial charge in [0.05, 0.1) is 6.61 Å². The number of carboxylic acids is 1. The second kappa shape index (κ2) is 9.80. The van der Waals surface area contributed by atoms with E-state index in [1.807, 2.05) is 72.2 Å². The number of carboxylic acid groups (broad SMARTS) is 1. The van der Waals surface area contributed by atoms with Crippen LogP contribution in [0.2, 0.25) is 0 Å². The van der Waals surface area contributed by atoms with Gasteiger partial charge in [0.25, 0.3) is 0 Å². The Hall–Kier alpha value is -3.51. The first-order valence-corrected chi connectivity index (χ1v) is 9.66. The topological polar surface area (TPSA) is 81.4 Å². The molecule has 154 valence electrons. The van der Waals surface area contributed by atoms with Crippen molar-refractivity contribution in [1.29, 1.82) is 0 Å². The van der Waals surface area contributed by atoms with Crippen molar-refractivity contribution in [1.82, 2.24) is 9.55 Å². The van der Waals surface area contributed by atoms with Gasteiger partial charge in [-0.3, -0.25) is 4.79 Å². The maximum absolute atomic E-state index is 12.7. The summed E-state index contributed by atoms with van der Waals surface area (Å²) in [6, 6.07) is 15.1. The monoisotopic (exact) mass is 404 g/mol. The van der Waals surface area contributed by atoms with E-state index in [0.29, 0.717) is 17.9 Å². The van der Waals surface area contributed by atoms with E-state index >= 15 is 0 Å². The molecule has 0 fully saturated rings. The molecule has 0 spiro atoms. The molecule has 0 aliphatic carbocycles. The Morgan fingerprint density at radius 2 is 1.83 bits per heavy atom. The van der Waals surface area contributed by atoms with Crippen LogP contribution in [0.15, 0.2) is 67.0 Å². The molecule has 30 heavy (non-hydrogen) atoms. The predicted octanol–water partition coefficient (Wildman–Crippen LogP) is 4.13. The molecular formula is C24H24N2O4. The van der Waals surface area contributed by atoms with Gasteiger partial charge in [-0.25, -0.2) is 9.78 Å². The predicted molar refractivity (Wildman–Crippen MR) is 114 cm³/mol. The molecule has 0 saturated heterocycles. The van der Waals surface area contributed by atoms with Crippen LogP contribution < -0.4 is 0 Å². The maximum Gasteiger partial charge on any atom is 0.332 e. The van der Waals surface area contributed by atoms with E-state index in [1.165, 1.54) is 6.92 Å². The first-order valence-electron chi connectivity index (χ1n) is 9.66. The lowest BCUT2D eigenvalue weighted by Crippen LogP contribution is -2.19. The fraction of sp³-hybridized carbons (Fsp3) is 0.208. The van der Waals surface area contributed by atoms with Gasteiger partial charge >= 0.3 is 5.97 Å². The molecule has 3 rings (SSSR count). The Labute approximate surface area is 175 Å². The van der Waals surface area contributed by atoms with E-state index < -0.39 is 12.1 Å². The Bertz CT molecular complexity index is 1030. The molecule has 0 aliphatic rings. The molecule has 1 heterocycles. The quantitative estimate of drug-likeness (QED) is 0.543. The van der Waals surface area contributed by atoms with Crippen molar-refractivity contribution < 1.29 is 19.4 Å². The van der Waals surface area contributed by atoms with Crippen LogP contribution in [0.3, 0.4) is 0 Å². The molecule has 3 aromatic rings. The Morgan fingerprint density at radius 3 is 2.50 bits per heavy atom. The highest BCUT2D eigenvalue weighted by molar-refractivity contribution is 6.06. The van der Waals surface area contributed by atoms with Crippen LogP contribution in [0.4, 0.5) is 0 Å². The van der Waals surface area contributed by atoms with Gasteiger partial charge in [-0.15, -0.1) is 0 Å². The number of imidazole rings is 1. The molecule has 1 aromatic heterocycles. The van der Waals surface area contributed by atoms with E-state index in [1.54, 1.807) is 12.4 Å². The van der Waals surface area contributed by atoms with Gasteiger partial charge in [-0.05, 0) is 25.0 Å². The van der Waals surface area contributed by atoms with Crippen LogP contribution in [0, 0.1) is 6.92 Å². The summed E-state index contributed by atoms with van der Waals surface area (Å²) in [4.78, 5) is 27.7. The zero-order chi connectivity index (χ0) is 21.5. The summed E-state index contributed by atoms with van der Waals surface area (Å²) in [6.07, 6.45) is 6.51. The van der Waals surface area contributed by atoms with E-state index in [2.05, 4.69) is 4.98 Å². The van der Waals surface area contributed by atoms with Crippen LogP contribution in [-0.4, -0.2) is 32.5 Å². The van der Waals surface area contributed by atoms with Crippen LogP contribution >= 0.6 is 0 Å². The lowest BCUT2D eigenvalue weighted by molar-refractivity contribution is -0.149. The van der Waals surface area contributed by atoms with Crippen LogP contribution in [0.25, 0.3) is 6.08 Å². The summed E-state index contributed by atoms with van der Waals surface area (Å²) in [5.41, 5.74) is 3.62. The number of aryl methyl sites for hydroxylation is 1. The van der Waals surface area contributed by atoms with E-state index in [-0.39, 0.29) is 12.4 Å². The Balaban J connectivity index is 1.60. The van der Waals surface area contributed by atoms with Crippen molar-refractivity contribution in [2.24, 2.45) is 0 Å². The highest BCUT2D eigenvalue weighted by atomic mass is 16.5. The fourth-order valence-corrected chi connectivity index (χ4v) is 2.82. The SMILES string of the molecule is Cc1ccc(C(=O)c2nccn2C/C=C/c2ccc(CO[C@H](C)C(=O)O)cc2)cc1. The lowest BCUT2D eigenvalue weighted by Gasteiger charge is -2.08. The number of carbonyl (C=O) groups excluding carboxylic acids is 1. The first-order chi connectivity index (χ1) is 14.4. The number of nitrogens with zero attached hydrogens (tertiary/aromatic N) is 2. The maximum atomic E-state index is 12.7. The minimum atomic E-state index is -0.978. The molecule has 6 nitrogen and oxygen atoms in total. The number of hydrogen-bond donors (Lipinski definition) is 1. The molecule has 0 amide bonds. The van der Waals surface area contributed by atoms with Gasteiger partial charge in [-0.2, -0.15) is 0 Å². The number of ketones is 1. The van der Waals surface area contributed by atoms with Gasteiger partial charge in [0.15, 0.2) is 11.9 Å². The summed E-state index contributed by atoms with van der Waals surface area (Å²) in [5.74, 6) is -0.675. The lowest BCUT2D eigenvalue weighted by atomic mass is 10.1. The minimum absolute atomic E-state index is 0.103. The second-order valence-corrected chi connectivity index (χ2v) is 7.03. The van der Waals surface area contributed by atoms with E-state index in [4.69, 9.17) is 9.84 Å². The number of carbonyl (C=O) groups is 2. The van der Waals surface area contributed by atoms with Gasteiger partial charge < -0.3 is 14.4 Å². The highest BCUT2D eigenvalue weighted by Crippen LogP contribution is 2.12. The molecule has 1 N–H and O–H groups in total. The van der Waals surface area contributed by atoms with Crippen molar-refractivity contribution in [2.45, 2.75) is 33.1 Å². The van der Waals surface area contributed by atoms with Crippen molar-refractivity contribution in [3.63, 3.8) is 0 Å². The van der Waals surface area contributed by atoms with Crippen LogP contribution in [0.5, 0.6) is 0 Å². The average molecular weight is 404 g/mol. The summed E-state index contributed by atoms with van der Waals surface area (Å²) in [6.45, 7) is 4.26. The molecule has 0 radical (unpaired) electrons. The fourth-order valence-electron chi connectivity index (χ4n) is 2.82. The van der Waals surface area contributed by atoms with E-state index in [9.17, 15) is 9.59 Å². The Kier molecular flexibility index (Phi) is 6.93. The molecule has 6 heteroatoms. The normalized spacial score (nSPS) is 12.2. The highest BCUT2D eigenvalue weighted by Gasteiger charge is 2.14. The summed E-state index contributed by atoms with van der Waals surface area (Å²) >= 11 is 0. The van der Waals surface area contributed by atoms with Gasteiger partial charge in [0.2, 0.25) is 5.78 Å². The molecule has 0 unspecified atom stereocenters. The average Bonchev–Trinajstić information content (AvgIpc) is 3.21. The molecule has 1 atom stereocenters. The number of allylic oxidation sites excluding steroid dienone is 1. The number of hydrogen-bond acceptors (Lipinski definition) is 4. The van der Waals surface area contributed by atoms with Crippen molar-refractivity contribution >= 4 is 17.8 Å². The number of benzene rings is 2. The summed E-state index contributed by atoms with van der Waals surface area (Å²) in [5, 5.41) is 8.85. The van der Waals surface area contributed by atoms with Gasteiger partial charge in [0.1, 0.15) is 0 Å². The molecule has 2 aromatic carbocycles. The number of ether oxygens (including phenoxy) is 1. The minimum Gasteiger partial charge on any atom is -0.479 e. The number of aliphatic carboxylic acids is 1. The zero-order valence-corrected chi connectivity index (χ0v) is 17.0. The van der Waals surface area contributed by atoms with Crippen molar-refractivity contribution in [2.75, 3.05) is 0 Å². The Morgan fingerprint density at radius 1 is 1.13 bits per heavy atom. The summed E-state index contributed by atoms with van der Waals surface area (Å²) in [7, 11) is 0. The van der Waals surface area contributed by atoms with Crippen molar-refractivity contribution in [3.05, 3.63) is 95.1 Å². The van der Waals surface area contributed by atoms with E-state index in [0.717, 1.165) is 16.7 Å². The largest absolute Gasteiger partial charge is 0.479 e. The van der Waals surface area contributed by atoms with Gasteiger partial charge in [0, 0.05) is 24.5 Å². The number of aromatic nitrogens is 2. The first kappa shape index (κ1) is 21.2. The molecule has 0 bridgehead atoms.